The van der Waals surface area contributed by atoms with E-state index in [9.17, 15) is 4.79 Å². The van der Waals surface area contributed by atoms with Crippen LogP contribution in [0.5, 0.6) is 11.5 Å². The highest BCUT2D eigenvalue weighted by atomic mass is 16.5. The van der Waals surface area contributed by atoms with Gasteiger partial charge in [-0.2, -0.15) is 0 Å². The molecule has 1 atom stereocenters. The Morgan fingerprint density at radius 2 is 1.88 bits per heavy atom. The van der Waals surface area contributed by atoms with Gasteiger partial charge in [-0.3, -0.25) is 4.79 Å². The van der Waals surface area contributed by atoms with Crippen molar-refractivity contribution in [3.8, 4) is 11.5 Å². The van der Waals surface area contributed by atoms with Crippen molar-refractivity contribution in [2.24, 2.45) is 5.92 Å². The molecule has 0 saturated carbocycles. The van der Waals surface area contributed by atoms with Crippen LogP contribution in [-0.4, -0.2) is 44.7 Å². The third-order valence-electron chi connectivity index (χ3n) is 5.77. The summed E-state index contributed by atoms with van der Waals surface area (Å²) in [6.45, 7) is 6.28. The highest BCUT2D eigenvalue weighted by Gasteiger charge is 2.42. The van der Waals surface area contributed by atoms with Crippen molar-refractivity contribution in [1.82, 2.24) is 4.90 Å². The van der Waals surface area contributed by atoms with Crippen LogP contribution < -0.4 is 9.47 Å². The fourth-order valence-corrected chi connectivity index (χ4v) is 3.97. The number of amides is 1. The van der Waals surface area contributed by atoms with Gasteiger partial charge in [-0.15, -0.1) is 0 Å². The molecule has 1 amide bonds. The number of carbonyl (C=O) groups excluding carboxylic acids is 1. The van der Waals surface area contributed by atoms with Crippen molar-refractivity contribution < 1.29 is 19.0 Å². The molecule has 0 aliphatic carbocycles. The van der Waals surface area contributed by atoms with Crippen molar-refractivity contribution in [3.05, 3.63) is 23.3 Å². The van der Waals surface area contributed by atoms with E-state index < -0.39 is 0 Å². The predicted molar refractivity (Wildman–Crippen MR) is 96.1 cm³/mol. The Balaban J connectivity index is 1.85. The summed E-state index contributed by atoms with van der Waals surface area (Å²) in [7, 11) is 3.33. The van der Waals surface area contributed by atoms with E-state index in [1.165, 1.54) is 11.1 Å². The smallest absolute Gasteiger partial charge is 0.225 e. The fourth-order valence-electron chi connectivity index (χ4n) is 3.97. The summed E-state index contributed by atoms with van der Waals surface area (Å²) in [6, 6.07) is 4.15. The zero-order chi connectivity index (χ0) is 18.0. The number of benzene rings is 1. The Labute approximate surface area is 150 Å². The molecular weight excluding hydrogens is 318 g/mol. The number of hydrogen-bond donors (Lipinski definition) is 0. The van der Waals surface area contributed by atoms with Gasteiger partial charge in [0.15, 0.2) is 11.5 Å². The molecule has 5 heteroatoms. The van der Waals surface area contributed by atoms with Gasteiger partial charge in [0.2, 0.25) is 5.91 Å². The second-order valence-electron chi connectivity index (χ2n) is 7.09. The first-order valence-electron chi connectivity index (χ1n) is 9.22. The Morgan fingerprint density at radius 3 is 2.48 bits per heavy atom. The normalized spacial score (nSPS) is 20.1. The summed E-state index contributed by atoms with van der Waals surface area (Å²) in [4.78, 5) is 14.5. The molecule has 2 aliphatic heterocycles. The molecule has 1 aromatic rings. The molecule has 1 fully saturated rings. The van der Waals surface area contributed by atoms with E-state index in [2.05, 4.69) is 19.1 Å². The number of methoxy groups -OCH3 is 2. The third kappa shape index (κ3) is 3.22. The molecule has 1 spiro atoms. The molecule has 0 aromatic heterocycles. The summed E-state index contributed by atoms with van der Waals surface area (Å²) in [6.07, 6.45) is 3.43. The Kier molecular flexibility index (Phi) is 5.23. The molecule has 1 saturated heterocycles. The number of hydrogen-bond acceptors (Lipinski definition) is 4. The van der Waals surface area contributed by atoms with Crippen LogP contribution in [0.1, 0.15) is 44.2 Å². The first-order chi connectivity index (χ1) is 12.0. The SMILES string of the molecule is CCC(C)C(=O)N1CCC2(CC1)OCCc1cc(OC)c(OC)cc12. The van der Waals surface area contributed by atoms with Crippen molar-refractivity contribution in [3.63, 3.8) is 0 Å². The zero-order valence-corrected chi connectivity index (χ0v) is 15.8. The minimum atomic E-state index is -0.306. The van der Waals surface area contributed by atoms with E-state index >= 15 is 0 Å². The molecule has 5 nitrogen and oxygen atoms in total. The summed E-state index contributed by atoms with van der Waals surface area (Å²) in [5.41, 5.74) is 2.16. The number of carbonyl (C=O) groups is 1. The second kappa shape index (κ2) is 7.24. The largest absolute Gasteiger partial charge is 0.493 e. The lowest BCUT2D eigenvalue weighted by Crippen LogP contribution is -2.49. The van der Waals surface area contributed by atoms with Gasteiger partial charge in [-0.25, -0.2) is 0 Å². The maximum Gasteiger partial charge on any atom is 0.225 e. The molecule has 138 valence electrons. The average Bonchev–Trinajstić information content (AvgIpc) is 2.66. The van der Waals surface area contributed by atoms with Gasteiger partial charge in [-0.05, 0) is 48.9 Å². The van der Waals surface area contributed by atoms with Gasteiger partial charge >= 0.3 is 0 Å². The molecule has 2 aliphatic rings. The number of likely N-dealkylation sites (tertiary alicyclic amines) is 1. The zero-order valence-electron chi connectivity index (χ0n) is 15.8. The van der Waals surface area contributed by atoms with Gasteiger partial charge in [-0.1, -0.05) is 13.8 Å². The van der Waals surface area contributed by atoms with Gasteiger partial charge in [0.25, 0.3) is 0 Å². The molecule has 0 radical (unpaired) electrons. The first-order valence-corrected chi connectivity index (χ1v) is 9.22. The minimum absolute atomic E-state index is 0.0953. The van der Waals surface area contributed by atoms with Crippen LogP contribution in [0.15, 0.2) is 12.1 Å². The molecule has 0 N–H and O–H groups in total. The van der Waals surface area contributed by atoms with Crippen LogP contribution in [0.4, 0.5) is 0 Å². The van der Waals surface area contributed by atoms with Gasteiger partial charge < -0.3 is 19.1 Å². The minimum Gasteiger partial charge on any atom is -0.493 e. The maximum atomic E-state index is 12.5. The van der Waals surface area contributed by atoms with Crippen molar-refractivity contribution in [1.29, 1.82) is 0 Å². The van der Waals surface area contributed by atoms with Gasteiger partial charge in [0, 0.05) is 19.0 Å². The van der Waals surface area contributed by atoms with Crippen molar-refractivity contribution in [2.75, 3.05) is 33.9 Å². The monoisotopic (exact) mass is 347 g/mol. The van der Waals surface area contributed by atoms with Crippen LogP contribution >= 0.6 is 0 Å². The molecule has 0 bridgehead atoms. The summed E-state index contributed by atoms with van der Waals surface area (Å²) in [5, 5.41) is 0. The van der Waals surface area contributed by atoms with Crippen LogP contribution in [0.25, 0.3) is 0 Å². The van der Waals surface area contributed by atoms with Crippen molar-refractivity contribution in [2.45, 2.75) is 45.1 Å². The number of ether oxygens (including phenoxy) is 3. The van der Waals surface area contributed by atoms with E-state index in [1.807, 2.05) is 11.8 Å². The summed E-state index contributed by atoms with van der Waals surface area (Å²) in [5.74, 6) is 1.87. The van der Waals surface area contributed by atoms with Crippen molar-refractivity contribution >= 4 is 5.91 Å². The number of piperidine rings is 1. The van der Waals surface area contributed by atoms with Gasteiger partial charge in [0.1, 0.15) is 0 Å². The van der Waals surface area contributed by atoms with E-state index in [0.29, 0.717) is 6.61 Å². The lowest BCUT2D eigenvalue weighted by atomic mass is 9.79. The summed E-state index contributed by atoms with van der Waals surface area (Å²) < 4.78 is 17.2. The van der Waals surface area contributed by atoms with E-state index in [-0.39, 0.29) is 17.4 Å². The molecular formula is C20H29NO4. The molecule has 2 heterocycles. The highest BCUT2D eigenvalue weighted by Crippen LogP contribution is 2.45. The quantitative estimate of drug-likeness (QED) is 0.839. The van der Waals surface area contributed by atoms with E-state index in [0.717, 1.165) is 50.3 Å². The van der Waals surface area contributed by atoms with Crippen LogP contribution in [0, 0.1) is 5.92 Å². The van der Waals surface area contributed by atoms with Gasteiger partial charge in [0.05, 0.1) is 26.4 Å². The van der Waals surface area contributed by atoms with E-state index in [4.69, 9.17) is 14.2 Å². The molecule has 1 unspecified atom stereocenters. The maximum absolute atomic E-state index is 12.5. The summed E-state index contributed by atoms with van der Waals surface area (Å²) >= 11 is 0. The van der Waals surface area contributed by atoms with Crippen LogP contribution in [-0.2, 0) is 21.6 Å². The Hall–Kier alpha value is -1.75. The average molecular weight is 347 g/mol. The topological polar surface area (TPSA) is 48.0 Å². The molecule has 25 heavy (non-hydrogen) atoms. The van der Waals surface area contributed by atoms with Crippen LogP contribution in [0.2, 0.25) is 0 Å². The number of nitrogens with zero attached hydrogens (tertiary/aromatic N) is 1. The third-order valence-corrected chi connectivity index (χ3v) is 5.77. The lowest BCUT2D eigenvalue weighted by Gasteiger charge is -2.45. The number of fused-ring (bicyclic) bond motifs is 2. The standard InChI is InChI=1S/C20H29NO4/c1-5-14(2)19(22)21-9-7-20(8-10-21)16-13-18(24-4)17(23-3)12-15(16)6-11-25-20/h12-14H,5-11H2,1-4H3. The Morgan fingerprint density at radius 1 is 1.24 bits per heavy atom. The van der Waals surface area contributed by atoms with Crippen LogP contribution in [0.3, 0.4) is 0 Å². The Bertz CT molecular complexity index is 635. The lowest BCUT2D eigenvalue weighted by molar-refractivity contribution is -0.144. The number of rotatable bonds is 4. The molecule has 3 rings (SSSR count). The molecule has 1 aromatic carbocycles. The predicted octanol–water partition coefficient (Wildman–Crippen LogP) is 3.14. The second-order valence-corrected chi connectivity index (χ2v) is 7.09. The first kappa shape index (κ1) is 18.1. The highest BCUT2D eigenvalue weighted by molar-refractivity contribution is 5.78. The van der Waals surface area contributed by atoms with E-state index in [1.54, 1.807) is 14.2 Å². The fraction of sp³-hybridized carbons (Fsp3) is 0.650.